The van der Waals surface area contributed by atoms with Crippen LogP contribution in [0.4, 0.5) is 0 Å². The summed E-state index contributed by atoms with van der Waals surface area (Å²) < 4.78 is 0. The zero-order chi connectivity index (χ0) is 19.1. The number of rotatable bonds is 7. The fourth-order valence-electron chi connectivity index (χ4n) is 3.38. The second-order valence-corrected chi connectivity index (χ2v) is 7.34. The van der Waals surface area contributed by atoms with Crippen LogP contribution in [-0.2, 0) is 24.3 Å². The maximum atomic E-state index is 12.2. The van der Waals surface area contributed by atoms with Crippen LogP contribution in [0, 0.1) is 0 Å². The molecule has 0 radical (unpaired) electrons. The summed E-state index contributed by atoms with van der Waals surface area (Å²) in [7, 11) is 0. The van der Waals surface area contributed by atoms with Crippen LogP contribution in [0.25, 0.3) is 0 Å². The Morgan fingerprint density at radius 3 is 2.33 bits per heavy atom. The number of hydrogen-bond donors (Lipinski definition) is 3. The Labute approximate surface area is 161 Å². The van der Waals surface area contributed by atoms with E-state index in [0.717, 1.165) is 43.6 Å². The topological polar surface area (TPSA) is 78.6 Å². The molecular formula is C22H29N3O2. The summed E-state index contributed by atoms with van der Waals surface area (Å²) in [5.41, 5.74) is 9.40. The average Bonchev–Trinajstić information content (AvgIpc) is 2.69. The molecule has 1 aliphatic rings. The number of nitrogens with one attached hydrogen (secondary N) is 1. The maximum Gasteiger partial charge on any atom is 0.237 e. The van der Waals surface area contributed by atoms with Crippen LogP contribution in [0.2, 0.25) is 0 Å². The predicted octanol–water partition coefficient (Wildman–Crippen LogP) is 1.83. The number of nitrogens with two attached hydrogens (primary N) is 1. The van der Waals surface area contributed by atoms with E-state index in [4.69, 9.17) is 5.73 Å². The van der Waals surface area contributed by atoms with Crippen molar-refractivity contribution in [2.75, 3.05) is 13.1 Å². The van der Waals surface area contributed by atoms with Crippen molar-refractivity contribution in [3.05, 3.63) is 71.3 Å². The molecule has 0 spiro atoms. The molecule has 0 bridgehead atoms. The molecule has 1 amide bonds. The number of likely N-dealkylation sites (tertiary alicyclic amines) is 1. The normalized spacial score (nSPS) is 16.8. The molecule has 0 aromatic heterocycles. The number of piperidine rings is 1. The number of benzene rings is 2. The number of carbonyl (C=O) groups is 1. The van der Waals surface area contributed by atoms with E-state index in [1.807, 2.05) is 30.3 Å². The Balaban J connectivity index is 1.43. The lowest BCUT2D eigenvalue weighted by Gasteiger charge is -2.29. The maximum absolute atomic E-state index is 12.2. The molecule has 4 N–H and O–H groups in total. The second kappa shape index (κ2) is 9.65. The van der Waals surface area contributed by atoms with E-state index in [-0.39, 0.29) is 12.0 Å². The van der Waals surface area contributed by atoms with Crippen LogP contribution in [-0.4, -0.2) is 41.1 Å². The molecule has 144 valence electrons. The molecule has 1 atom stereocenters. The highest BCUT2D eigenvalue weighted by Gasteiger charge is 2.17. The van der Waals surface area contributed by atoms with E-state index in [1.54, 1.807) is 0 Å². The lowest BCUT2D eigenvalue weighted by Crippen LogP contribution is -2.41. The first-order valence-electron chi connectivity index (χ1n) is 9.65. The lowest BCUT2D eigenvalue weighted by atomic mass is 10.1. The molecule has 5 nitrogen and oxygen atoms in total. The number of aliphatic hydroxyl groups is 1. The SMILES string of the molecule is NC(Cc1ccccc1)C(=O)NCc1ccc(CN2CCC(O)CC2)cc1. The monoisotopic (exact) mass is 367 g/mol. The highest BCUT2D eigenvalue weighted by Crippen LogP contribution is 2.14. The van der Waals surface area contributed by atoms with Gasteiger partial charge < -0.3 is 16.2 Å². The minimum absolute atomic E-state index is 0.130. The van der Waals surface area contributed by atoms with Crippen molar-refractivity contribution in [2.24, 2.45) is 5.73 Å². The largest absolute Gasteiger partial charge is 0.393 e. The van der Waals surface area contributed by atoms with Crippen molar-refractivity contribution in [1.29, 1.82) is 0 Å². The zero-order valence-corrected chi connectivity index (χ0v) is 15.7. The summed E-state index contributed by atoms with van der Waals surface area (Å²) in [5.74, 6) is -0.130. The molecular weight excluding hydrogens is 338 g/mol. The van der Waals surface area contributed by atoms with E-state index in [1.165, 1.54) is 5.56 Å². The fraction of sp³-hybridized carbons (Fsp3) is 0.409. The van der Waals surface area contributed by atoms with Crippen LogP contribution < -0.4 is 11.1 Å². The van der Waals surface area contributed by atoms with Crippen molar-refractivity contribution in [3.8, 4) is 0 Å². The van der Waals surface area contributed by atoms with Gasteiger partial charge in [-0.2, -0.15) is 0 Å². The van der Waals surface area contributed by atoms with Gasteiger partial charge in [0.05, 0.1) is 12.1 Å². The van der Waals surface area contributed by atoms with Gasteiger partial charge in [0.2, 0.25) is 5.91 Å². The molecule has 5 heteroatoms. The number of aliphatic hydroxyl groups excluding tert-OH is 1. The summed E-state index contributed by atoms with van der Waals surface area (Å²) >= 11 is 0. The number of hydrogen-bond acceptors (Lipinski definition) is 4. The molecule has 1 fully saturated rings. The summed E-state index contributed by atoms with van der Waals surface area (Å²) in [6.45, 7) is 3.27. The van der Waals surface area contributed by atoms with Crippen molar-refractivity contribution < 1.29 is 9.90 Å². The highest BCUT2D eigenvalue weighted by molar-refractivity contribution is 5.81. The summed E-state index contributed by atoms with van der Waals surface area (Å²) in [5, 5.41) is 12.5. The van der Waals surface area contributed by atoms with Crippen LogP contribution in [0.5, 0.6) is 0 Å². The Hall–Kier alpha value is -2.21. The molecule has 1 aliphatic heterocycles. The number of amides is 1. The molecule has 2 aromatic carbocycles. The van der Waals surface area contributed by atoms with Crippen LogP contribution >= 0.6 is 0 Å². The van der Waals surface area contributed by atoms with Gasteiger partial charge in [0.1, 0.15) is 0 Å². The minimum Gasteiger partial charge on any atom is -0.393 e. The van der Waals surface area contributed by atoms with Gasteiger partial charge in [0.25, 0.3) is 0 Å². The van der Waals surface area contributed by atoms with Crippen molar-refractivity contribution in [1.82, 2.24) is 10.2 Å². The first-order chi connectivity index (χ1) is 13.1. The molecule has 2 aromatic rings. The van der Waals surface area contributed by atoms with E-state index in [9.17, 15) is 9.90 Å². The van der Waals surface area contributed by atoms with E-state index >= 15 is 0 Å². The minimum atomic E-state index is -0.541. The van der Waals surface area contributed by atoms with Crippen LogP contribution in [0.3, 0.4) is 0 Å². The number of carbonyl (C=O) groups excluding carboxylic acids is 1. The van der Waals surface area contributed by atoms with Crippen molar-refractivity contribution in [3.63, 3.8) is 0 Å². The van der Waals surface area contributed by atoms with Gasteiger partial charge in [0.15, 0.2) is 0 Å². The molecule has 1 heterocycles. The third kappa shape index (κ3) is 6.17. The standard InChI is InChI=1S/C22H29N3O2/c23-21(14-17-4-2-1-3-5-17)22(27)24-15-18-6-8-19(9-7-18)16-25-12-10-20(26)11-13-25/h1-9,20-21,26H,10-16,23H2,(H,24,27). The second-order valence-electron chi connectivity index (χ2n) is 7.34. The zero-order valence-electron chi connectivity index (χ0n) is 15.7. The summed E-state index contributed by atoms with van der Waals surface area (Å²) in [6.07, 6.45) is 2.11. The Bertz CT molecular complexity index is 710. The Morgan fingerprint density at radius 1 is 1.04 bits per heavy atom. The number of nitrogens with zero attached hydrogens (tertiary/aromatic N) is 1. The third-order valence-corrected chi connectivity index (χ3v) is 5.09. The van der Waals surface area contributed by atoms with Gasteiger partial charge in [-0.05, 0) is 36.0 Å². The molecule has 3 rings (SSSR count). The van der Waals surface area contributed by atoms with Gasteiger partial charge in [-0.1, -0.05) is 54.6 Å². The quantitative estimate of drug-likeness (QED) is 0.698. The first kappa shape index (κ1) is 19.5. The van der Waals surface area contributed by atoms with Gasteiger partial charge >= 0.3 is 0 Å². The highest BCUT2D eigenvalue weighted by atomic mass is 16.3. The summed E-state index contributed by atoms with van der Waals surface area (Å²) in [6, 6.07) is 17.6. The van der Waals surface area contributed by atoms with Crippen LogP contribution in [0.1, 0.15) is 29.5 Å². The fourth-order valence-corrected chi connectivity index (χ4v) is 3.38. The molecule has 1 unspecified atom stereocenters. The van der Waals surface area contributed by atoms with E-state index in [0.29, 0.717) is 13.0 Å². The average molecular weight is 367 g/mol. The molecule has 0 saturated carbocycles. The third-order valence-electron chi connectivity index (χ3n) is 5.09. The Kier molecular flexibility index (Phi) is 6.98. The van der Waals surface area contributed by atoms with Crippen LogP contribution in [0.15, 0.2) is 54.6 Å². The van der Waals surface area contributed by atoms with Gasteiger partial charge in [-0.25, -0.2) is 0 Å². The lowest BCUT2D eigenvalue weighted by molar-refractivity contribution is -0.122. The predicted molar refractivity (Wildman–Crippen MR) is 107 cm³/mol. The van der Waals surface area contributed by atoms with E-state index in [2.05, 4.69) is 34.5 Å². The smallest absolute Gasteiger partial charge is 0.237 e. The van der Waals surface area contributed by atoms with Gasteiger partial charge in [-0.15, -0.1) is 0 Å². The summed E-state index contributed by atoms with van der Waals surface area (Å²) in [4.78, 5) is 14.6. The van der Waals surface area contributed by atoms with Crippen molar-refractivity contribution >= 4 is 5.91 Å². The molecule has 1 saturated heterocycles. The first-order valence-corrected chi connectivity index (χ1v) is 9.65. The molecule has 0 aliphatic carbocycles. The van der Waals surface area contributed by atoms with Crippen molar-refractivity contribution in [2.45, 2.75) is 44.5 Å². The Morgan fingerprint density at radius 2 is 1.67 bits per heavy atom. The van der Waals surface area contributed by atoms with E-state index < -0.39 is 6.04 Å². The van der Waals surface area contributed by atoms with Gasteiger partial charge in [-0.3, -0.25) is 9.69 Å². The van der Waals surface area contributed by atoms with Gasteiger partial charge in [0, 0.05) is 26.2 Å². The molecule has 27 heavy (non-hydrogen) atoms.